The Morgan fingerprint density at radius 1 is 1.18 bits per heavy atom. The highest BCUT2D eigenvalue weighted by Crippen LogP contribution is 2.28. The molecule has 0 radical (unpaired) electrons. The van der Waals surface area contributed by atoms with Crippen molar-refractivity contribution in [3.8, 4) is 0 Å². The molecule has 1 aliphatic rings. The highest BCUT2D eigenvalue weighted by molar-refractivity contribution is 6.31. The van der Waals surface area contributed by atoms with Crippen LogP contribution in [0, 0.1) is 13.8 Å². The Bertz CT molecular complexity index is 416. The quantitative estimate of drug-likeness (QED) is 0.883. The molecule has 1 fully saturated rings. The molecule has 0 atom stereocenters. The molecule has 0 bridgehead atoms. The van der Waals surface area contributed by atoms with Crippen LogP contribution in [0.25, 0.3) is 0 Å². The summed E-state index contributed by atoms with van der Waals surface area (Å²) in [4.78, 5) is 8.74. The number of nitrogens with one attached hydrogen (secondary N) is 1. The number of hydrogen-bond acceptors (Lipinski definition) is 4. The van der Waals surface area contributed by atoms with Gasteiger partial charge in [-0.05, 0) is 33.6 Å². The maximum absolute atomic E-state index is 6.12. The molecule has 4 nitrogen and oxygen atoms in total. The van der Waals surface area contributed by atoms with E-state index in [1.165, 1.54) is 0 Å². The minimum absolute atomic E-state index is 0.00172. The molecule has 0 saturated carbocycles. The minimum atomic E-state index is -0.00172. The Kier molecular flexibility index (Phi) is 3.54. The van der Waals surface area contributed by atoms with Crippen molar-refractivity contribution in [3.63, 3.8) is 0 Å². The zero-order valence-corrected chi connectivity index (χ0v) is 11.3. The SMILES string of the molecule is Cc1nc(Cl)c(NC2(C)CCOCC2)nc1C. The fourth-order valence-electron chi connectivity index (χ4n) is 1.89. The first-order chi connectivity index (χ1) is 8.00. The Labute approximate surface area is 107 Å². The Balaban J connectivity index is 2.20. The number of nitrogens with zero attached hydrogens (tertiary/aromatic N) is 2. The van der Waals surface area contributed by atoms with Gasteiger partial charge in [0.25, 0.3) is 0 Å². The average Bonchev–Trinajstić information content (AvgIpc) is 2.26. The fraction of sp³-hybridized carbons (Fsp3) is 0.667. The third kappa shape index (κ3) is 2.87. The molecule has 17 heavy (non-hydrogen) atoms. The molecular formula is C12H18ClN3O. The van der Waals surface area contributed by atoms with Crippen LogP contribution in [-0.4, -0.2) is 28.7 Å². The van der Waals surface area contributed by atoms with Crippen LogP contribution < -0.4 is 5.32 Å². The molecule has 1 aromatic heterocycles. The molecule has 1 N–H and O–H groups in total. The lowest BCUT2D eigenvalue weighted by molar-refractivity contribution is 0.0657. The van der Waals surface area contributed by atoms with Gasteiger partial charge >= 0.3 is 0 Å². The van der Waals surface area contributed by atoms with E-state index in [4.69, 9.17) is 16.3 Å². The summed E-state index contributed by atoms with van der Waals surface area (Å²) in [6, 6.07) is 0. The molecule has 1 saturated heterocycles. The van der Waals surface area contributed by atoms with Crippen LogP contribution in [0.3, 0.4) is 0 Å². The summed E-state index contributed by atoms with van der Waals surface area (Å²) in [6.07, 6.45) is 1.91. The molecule has 2 heterocycles. The molecule has 94 valence electrons. The van der Waals surface area contributed by atoms with E-state index >= 15 is 0 Å². The van der Waals surface area contributed by atoms with Crippen LogP contribution in [0.1, 0.15) is 31.2 Å². The number of hydrogen-bond donors (Lipinski definition) is 1. The van der Waals surface area contributed by atoms with Gasteiger partial charge in [0.15, 0.2) is 11.0 Å². The number of ether oxygens (including phenoxy) is 1. The molecule has 5 heteroatoms. The van der Waals surface area contributed by atoms with Gasteiger partial charge in [-0.15, -0.1) is 0 Å². The van der Waals surface area contributed by atoms with Crippen LogP contribution in [0.15, 0.2) is 0 Å². The van der Waals surface area contributed by atoms with Crippen molar-refractivity contribution in [2.45, 2.75) is 39.2 Å². The standard InChI is InChI=1S/C12H18ClN3O/c1-8-9(2)15-11(10(13)14-8)16-12(3)4-6-17-7-5-12/h4-7H2,1-3H3,(H,15,16). The lowest BCUT2D eigenvalue weighted by Crippen LogP contribution is -2.41. The average molecular weight is 256 g/mol. The zero-order chi connectivity index (χ0) is 12.5. The number of rotatable bonds is 2. The van der Waals surface area contributed by atoms with E-state index in [1.54, 1.807) is 0 Å². The third-order valence-corrected chi connectivity index (χ3v) is 3.54. The minimum Gasteiger partial charge on any atom is -0.381 e. The van der Waals surface area contributed by atoms with Gasteiger partial charge in [0.2, 0.25) is 0 Å². The Hall–Kier alpha value is -0.870. The first kappa shape index (κ1) is 12.6. The summed E-state index contributed by atoms with van der Waals surface area (Å²) in [5, 5.41) is 3.85. The summed E-state index contributed by atoms with van der Waals surface area (Å²) in [5.41, 5.74) is 1.78. The van der Waals surface area contributed by atoms with Crippen LogP contribution in [0.4, 0.5) is 5.82 Å². The van der Waals surface area contributed by atoms with Crippen LogP contribution in [0.2, 0.25) is 5.15 Å². The van der Waals surface area contributed by atoms with E-state index in [0.29, 0.717) is 11.0 Å². The smallest absolute Gasteiger partial charge is 0.171 e. The first-order valence-electron chi connectivity index (χ1n) is 5.87. The molecule has 2 rings (SSSR count). The van der Waals surface area contributed by atoms with E-state index in [0.717, 1.165) is 37.4 Å². The van der Waals surface area contributed by atoms with Crippen molar-refractivity contribution in [1.82, 2.24) is 9.97 Å². The van der Waals surface area contributed by atoms with Crippen LogP contribution in [0.5, 0.6) is 0 Å². The van der Waals surface area contributed by atoms with Crippen molar-refractivity contribution in [2.24, 2.45) is 0 Å². The van der Waals surface area contributed by atoms with E-state index < -0.39 is 0 Å². The van der Waals surface area contributed by atoms with Crippen molar-refractivity contribution in [2.75, 3.05) is 18.5 Å². The maximum Gasteiger partial charge on any atom is 0.171 e. The van der Waals surface area contributed by atoms with E-state index in [2.05, 4.69) is 22.2 Å². The van der Waals surface area contributed by atoms with Crippen molar-refractivity contribution in [1.29, 1.82) is 0 Å². The monoisotopic (exact) mass is 255 g/mol. The van der Waals surface area contributed by atoms with Crippen LogP contribution in [-0.2, 0) is 4.74 Å². The number of anilines is 1. The summed E-state index contributed by atoms with van der Waals surface area (Å²) in [7, 11) is 0. The van der Waals surface area contributed by atoms with E-state index in [9.17, 15) is 0 Å². The van der Waals surface area contributed by atoms with Gasteiger partial charge in [-0.3, -0.25) is 0 Å². The third-order valence-electron chi connectivity index (χ3n) is 3.28. The lowest BCUT2D eigenvalue weighted by Gasteiger charge is -2.35. The van der Waals surface area contributed by atoms with Gasteiger partial charge in [-0.1, -0.05) is 11.6 Å². The molecular weight excluding hydrogens is 238 g/mol. The lowest BCUT2D eigenvalue weighted by atomic mass is 9.92. The van der Waals surface area contributed by atoms with Crippen molar-refractivity contribution < 1.29 is 4.74 Å². The Morgan fingerprint density at radius 2 is 1.76 bits per heavy atom. The predicted molar refractivity (Wildman–Crippen MR) is 68.6 cm³/mol. The largest absolute Gasteiger partial charge is 0.381 e. The van der Waals surface area contributed by atoms with Gasteiger partial charge < -0.3 is 10.1 Å². The maximum atomic E-state index is 6.12. The van der Waals surface area contributed by atoms with E-state index in [1.807, 2.05) is 13.8 Å². The van der Waals surface area contributed by atoms with Gasteiger partial charge in [0.05, 0.1) is 11.4 Å². The molecule has 1 aliphatic heterocycles. The number of halogens is 1. The number of aromatic nitrogens is 2. The highest BCUT2D eigenvalue weighted by atomic mass is 35.5. The molecule has 1 aromatic rings. The van der Waals surface area contributed by atoms with Crippen molar-refractivity contribution in [3.05, 3.63) is 16.5 Å². The first-order valence-corrected chi connectivity index (χ1v) is 6.25. The second-order valence-electron chi connectivity index (χ2n) is 4.83. The van der Waals surface area contributed by atoms with E-state index in [-0.39, 0.29) is 5.54 Å². The summed E-state index contributed by atoms with van der Waals surface area (Å²) >= 11 is 6.12. The summed E-state index contributed by atoms with van der Waals surface area (Å²) in [6.45, 7) is 7.58. The molecule has 0 aromatic carbocycles. The normalized spacial score (nSPS) is 19.1. The fourth-order valence-corrected chi connectivity index (χ4v) is 2.10. The molecule has 0 spiro atoms. The van der Waals surface area contributed by atoms with Crippen LogP contribution >= 0.6 is 11.6 Å². The number of aryl methyl sites for hydroxylation is 2. The topological polar surface area (TPSA) is 47.0 Å². The second kappa shape index (κ2) is 4.78. The highest BCUT2D eigenvalue weighted by Gasteiger charge is 2.28. The summed E-state index contributed by atoms with van der Waals surface area (Å²) in [5.74, 6) is 0.680. The molecule has 0 unspecified atom stereocenters. The zero-order valence-electron chi connectivity index (χ0n) is 10.5. The van der Waals surface area contributed by atoms with Gasteiger partial charge in [-0.2, -0.15) is 0 Å². The van der Waals surface area contributed by atoms with Gasteiger partial charge in [0, 0.05) is 18.8 Å². The Morgan fingerprint density at radius 3 is 2.41 bits per heavy atom. The summed E-state index contributed by atoms with van der Waals surface area (Å²) < 4.78 is 5.37. The van der Waals surface area contributed by atoms with Crippen molar-refractivity contribution >= 4 is 17.4 Å². The molecule has 0 amide bonds. The predicted octanol–water partition coefficient (Wildman–Crippen LogP) is 2.73. The van der Waals surface area contributed by atoms with Gasteiger partial charge in [-0.25, -0.2) is 9.97 Å². The second-order valence-corrected chi connectivity index (χ2v) is 5.19. The molecule has 0 aliphatic carbocycles. The van der Waals surface area contributed by atoms with Gasteiger partial charge in [0.1, 0.15) is 0 Å².